The summed E-state index contributed by atoms with van der Waals surface area (Å²) >= 11 is 1.28. The van der Waals surface area contributed by atoms with E-state index in [4.69, 9.17) is 9.47 Å². The minimum atomic E-state index is -0.285. The molecular formula is C23H27N5O4S. The molecule has 2 N–H and O–H groups in total. The number of ether oxygens (including phenoxy) is 2. The normalized spacial score (nSPS) is 10.4. The van der Waals surface area contributed by atoms with E-state index in [1.165, 1.54) is 11.3 Å². The van der Waals surface area contributed by atoms with Crippen molar-refractivity contribution in [1.29, 1.82) is 0 Å². The highest BCUT2D eigenvalue weighted by atomic mass is 32.1. The Kier molecular flexibility index (Phi) is 8.59. The van der Waals surface area contributed by atoms with Crippen molar-refractivity contribution in [2.75, 3.05) is 37.9 Å². The number of methoxy groups -OCH3 is 2. The molecule has 174 valence electrons. The van der Waals surface area contributed by atoms with Crippen LogP contribution in [0.25, 0.3) is 10.6 Å². The van der Waals surface area contributed by atoms with Crippen molar-refractivity contribution >= 4 is 34.1 Å². The third-order valence-corrected chi connectivity index (χ3v) is 5.63. The summed E-state index contributed by atoms with van der Waals surface area (Å²) in [5.74, 6) is 1.09. The van der Waals surface area contributed by atoms with Crippen LogP contribution in [0.2, 0.25) is 0 Å². The number of nitrogens with zero attached hydrogens (tertiary/aromatic N) is 3. The second-order valence-electron chi connectivity index (χ2n) is 7.06. The first-order valence-corrected chi connectivity index (χ1v) is 11.3. The fourth-order valence-corrected chi connectivity index (χ4v) is 3.83. The maximum atomic E-state index is 12.7. The van der Waals surface area contributed by atoms with E-state index >= 15 is 0 Å². The van der Waals surface area contributed by atoms with Gasteiger partial charge in [-0.1, -0.05) is 30.4 Å². The molecule has 1 aromatic heterocycles. The van der Waals surface area contributed by atoms with Crippen LogP contribution in [-0.2, 0) is 4.79 Å². The van der Waals surface area contributed by atoms with Gasteiger partial charge in [0.05, 0.1) is 19.9 Å². The van der Waals surface area contributed by atoms with Gasteiger partial charge in [-0.3, -0.25) is 4.79 Å². The number of anilines is 2. The second kappa shape index (κ2) is 11.8. The van der Waals surface area contributed by atoms with Gasteiger partial charge in [0.25, 0.3) is 0 Å². The SMILES string of the molecule is CCCN(CCC(=O)Nc1nnc(-c2ccc(OC)cc2)s1)C(=O)Nc1ccccc1OC. The van der Waals surface area contributed by atoms with Crippen LogP contribution in [0.1, 0.15) is 19.8 Å². The average Bonchev–Trinajstić information content (AvgIpc) is 3.30. The molecule has 0 aliphatic heterocycles. The molecule has 3 aromatic rings. The van der Waals surface area contributed by atoms with Crippen LogP contribution in [0.5, 0.6) is 11.5 Å². The Labute approximate surface area is 196 Å². The quantitative estimate of drug-likeness (QED) is 0.453. The zero-order chi connectivity index (χ0) is 23.6. The first-order chi connectivity index (χ1) is 16.0. The molecule has 0 saturated heterocycles. The summed E-state index contributed by atoms with van der Waals surface area (Å²) in [6.07, 6.45) is 0.902. The van der Waals surface area contributed by atoms with Crippen LogP contribution in [-0.4, -0.2) is 54.3 Å². The molecular weight excluding hydrogens is 442 g/mol. The van der Waals surface area contributed by atoms with E-state index < -0.39 is 0 Å². The first-order valence-electron chi connectivity index (χ1n) is 10.5. The second-order valence-corrected chi connectivity index (χ2v) is 8.03. The Hall–Kier alpha value is -3.66. The zero-order valence-corrected chi connectivity index (χ0v) is 19.6. The number of aromatic nitrogens is 2. The third kappa shape index (κ3) is 6.66. The maximum absolute atomic E-state index is 12.7. The molecule has 1 heterocycles. The van der Waals surface area contributed by atoms with Crippen molar-refractivity contribution in [3.63, 3.8) is 0 Å². The minimum Gasteiger partial charge on any atom is -0.497 e. The number of hydrogen-bond acceptors (Lipinski definition) is 7. The van der Waals surface area contributed by atoms with E-state index in [1.807, 2.05) is 43.3 Å². The highest BCUT2D eigenvalue weighted by Crippen LogP contribution is 2.28. The van der Waals surface area contributed by atoms with E-state index in [0.717, 1.165) is 17.7 Å². The van der Waals surface area contributed by atoms with E-state index in [1.54, 1.807) is 31.3 Å². The summed E-state index contributed by atoms with van der Waals surface area (Å²) in [6.45, 7) is 2.77. The molecule has 0 aliphatic rings. The lowest BCUT2D eigenvalue weighted by Crippen LogP contribution is -2.37. The molecule has 0 saturated carbocycles. The van der Waals surface area contributed by atoms with Crippen LogP contribution < -0.4 is 20.1 Å². The van der Waals surface area contributed by atoms with Gasteiger partial charge in [0.15, 0.2) is 0 Å². The molecule has 2 aromatic carbocycles. The van der Waals surface area contributed by atoms with Gasteiger partial charge in [0.2, 0.25) is 11.0 Å². The zero-order valence-electron chi connectivity index (χ0n) is 18.8. The van der Waals surface area contributed by atoms with Crippen molar-refractivity contribution in [1.82, 2.24) is 15.1 Å². The molecule has 0 aliphatic carbocycles. The number of carbonyl (C=O) groups excluding carboxylic acids is 2. The molecule has 10 heteroatoms. The highest BCUT2D eigenvalue weighted by Gasteiger charge is 2.17. The Balaban J connectivity index is 1.55. The van der Waals surface area contributed by atoms with Gasteiger partial charge in [-0.25, -0.2) is 4.79 Å². The molecule has 3 amide bonds. The van der Waals surface area contributed by atoms with E-state index in [-0.39, 0.29) is 24.9 Å². The van der Waals surface area contributed by atoms with Crippen LogP contribution in [0.4, 0.5) is 15.6 Å². The number of nitrogens with one attached hydrogen (secondary N) is 2. The Morgan fingerprint density at radius 3 is 2.42 bits per heavy atom. The molecule has 0 bridgehead atoms. The molecule has 0 fully saturated rings. The lowest BCUT2D eigenvalue weighted by atomic mass is 10.2. The average molecular weight is 470 g/mol. The van der Waals surface area contributed by atoms with Crippen molar-refractivity contribution in [2.24, 2.45) is 0 Å². The van der Waals surface area contributed by atoms with Crippen molar-refractivity contribution in [3.8, 4) is 22.1 Å². The summed E-state index contributed by atoms with van der Waals surface area (Å²) in [4.78, 5) is 26.8. The number of amides is 3. The van der Waals surface area contributed by atoms with Crippen LogP contribution in [0.3, 0.4) is 0 Å². The van der Waals surface area contributed by atoms with Gasteiger partial charge in [0.1, 0.15) is 16.5 Å². The van der Waals surface area contributed by atoms with E-state index in [9.17, 15) is 9.59 Å². The fourth-order valence-electron chi connectivity index (χ4n) is 3.07. The lowest BCUT2D eigenvalue weighted by molar-refractivity contribution is -0.116. The molecule has 3 rings (SSSR count). The predicted octanol–water partition coefficient (Wildman–Crippen LogP) is 4.50. The van der Waals surface area contributed by atoms with Gasteiger partial charge in [0, 0.05) is 25.1 Å². The van der Waals surface area contributed by atoms with Gasteiger partial charge in [-0.05, 0) is 42.8 Å². The molecule has 0 radical (unpaired) electrons. The minimum absolute atomic E-state index is 0.136. The first kappa shape index (κ1) is 24.0. The smallest absolute Gasteiger partial charge is 0.321 e. The van der Waals surface area contributed by atoms with Crippen molar-refractivity contribution in [3.05, 3.63) is 48.5 Å². The monoisotopic (exact) mass is 469 g/mol. The molecule has 0 spiro atoms. The van der Waals surface area contributed by atoms with Gasteiger partial charge < -0.3 is 25.0 Å². The summed E-state index contributed by atoms with van der Waals surface area (Å²) < 4.78 is 10.4. The van der Waals surface area contributed by atoms with Gasteiger partial charge in [-0.15, -0.1) is 10.2 Å². The largest absolute Gasteiger partial charge is 0.497 e. The van der Waals surface area contributed by atoms with Crippen LogP contribution in [0.15, 0.2) is 48.5 Å². The summed E-state index contributed by atoms with van der Waals surface area (Å²) in [7, 11) is 3.16. The van der Waals surface area contributed by atoms with Gasteiger partial charge >= 0.3 is 6.03 Å². The number of hydrogen-bond donors (Lipinski definition) is 2. The van der Waals surface area contributed by atoms with E-state index in [2.05, 4.69) is 20.8 Å². The van der Waals surface area contributed by atoms with Gasteiger partial charge in [-0.2, -0.15) is 0 Å². The summed E-state index contributed by atoms with van der Waals surface area (Å²) in [5.41, 5.74) is 1.46. The van der Waals surface area contributed by atoms with Crippen molar-refractivity contribution < 1.29 is 19.1 Å². The van der Waals surface area contributed by atoms with E-state index in [0.29, 0.717) is 28.1 Å². The standard InChI is InChI=1S/C23H27N5O4S/c1-4-14-28(23(30)24-18-7-5-6-8-19(18)32-3)15-13-20(29)25-22-27-26-21(33-22)16-9-11-17(31-2)12-10-16/h5-12H,4,13-15H2,1-3H3,(H,24,30)(H,25,27,29). The molecule has 0 atom stereocenters. The topological polar surface area (TPSA) is 106 Å². The highest BCUT2D eigenvalue weighted by molar-refractivity contribution is 7.18. The number of carbonyl (C=O) groups is 2. The predicted molar refractivity (Wildman–Crippen MR) is 129 cm³/mol. The summed E-state index contributed by atoms with van der Waals surface area (Å²) in [6, 6.07) is 14.3. The summed E-state index contributed by atoms with van der Waals surface area (Å²) in [5, 5.41) is 14.9. The lowest BCUT2D eigenvalue weighted by Gasteiger charge is -2.22. The number of para-hydroxylation sites is 2. The van der Waals surface area contributed by atoms with Crippen LogP contribution in [0, 0.1) is 0 Å². The Morgan fingerprint density at radius 2 is 1.73 bits per heavy atom. The van der Waals surface area contributed by atoms with Crippen LogP contribution >= 0.6 is 11.3 Å². The number of benzene rings is 2. The molecule has 0 unspecified atom stereocenters. The molecule has 9 nitrogen and oxygen atoms in total. The van der Waals surface area contributed by atoms with Crippen molar-refractivity contribution in [2.45, 2.75) is 19.8 Å². The number of urea groups is 1. The molecule has 33 heavy (non-hydrogen) atoms. The maximum Gasteiger partial charge on any atom is 0.321 e. The Bertz CT molecular complexity index is 1070. The Morgan fingerprint density at radius 1 is 0.970 bits per heavy atom. The number of rotatable bonds is 10. The third-order valence-electron chi connectivity index (χ3n) is 4.75. The fraction of sp³-hybridized carbons (Fsp3) is 0.304.